The molecule has 1 aliphatic rings. The van der Waals surface area contributed by atoms with Crippen LogP contribution in [0.25, 0.3) is 0 Å². The van der Waals surface area contributed by atoms with Crippen molar-refractivity contribution >= 4 is 17.5 Å². The normalized spacial score (nSPS) is 23.0. The number of benzene rings is 1. The van der Waals surface area contributed by atoms with E-state index in [1.165, 1.54) is 0 Å². The summed E-state index contributed by atoms with van der Waals surface area (Å²) in [6.45, 7) is 3.50. The van der Waals surface area contributed by atoms with Gasteiger partial charge in [0.2, 0.25) is 5.91 Å². The first kappa shape index (κ1) is 12.4. The highest BCUT2D eigenvalue weighted by atomic mass is 35.5. The van der Waals surface area contributed by atoms with Gasteiger partial charge in [0, 0.05) is 18.6 Å². The Morgan fingerprint density at radius 2 is 2.06 bits per heavy atom. The number of hydrogen-bond donors (Lipinski definition) is 1. The molecule has 0 bridgehead atoms. The fourth-order valence-corrected chi connectivity index (χ4v) is 2.17. The summed E-state index contributed by atoms with van der Waals surface area (Å²) in [6, 6.07) is 7.59. The molecule has 1 aliphatic heterocycles. The summed E-state index contributed by atoms with van der Waals surface area (Å²) in [5.41, 5.74) is 0.731. The maximum Gasteiger partial charge on any atom is 0.242 e. The SMILES string of the molecule is CN(Cc1ccc(Cl)cc1)C(=O)C1(C)CCN1. The number of rotatable bonds is 3. The lowest BCUT2D eigenvalue weighted by Gasteiger charge is -2.40. The zero-order valence-electron chi connectivity index (χ0n) is 10.2. The van der Waals surface area contributed by atoms with E-state index < -0.39 is 0 Å². The van der Waals surface area contributed by atoms with E-state index in [9.17, 15) is 4.79 Å². The molecule has 3 nitrogen and oxygen atoms in total. The maximum atomic E-state index is 12.2. The molecular formula is C13H17ClN2O. The molecule has 1 aromatic carbocycles. The number of carbonyl (C=O) groups excluding carboxylic acids is 1. The van der Waals surface area contributed by atoms with E-state index in [0.717, 1.165) is 23.6 Å². The summed E-state index contributed by atoms with van der Waals surface area (Å²) >= 11 is 5.82. The molecule has 1 amide bonds. The van der Waals surface area contributed by atoms with Crippen LogP contribution >= 0.6 is 11.6 Å². The van der Waals surface area contributed by atoms with Crippen LogP contribution in [0.15, 0.2) is 24.3 Å². The molecule has 1 heterocycles. The van der Waals surface area contributed by atoms with Gasteiger partial charge < -0.3 is 10.2 Å². The first-order valence-corrected chi connectivity index (χ1v) is 6.14. The minimum absolute atomic E-state index is 0.152. The zero-order valence-corrected chi connectivity index (χ0v) is 10.9. The summed E-state index contributed by atoms with van der Waals surface area (Å²) in [7, 11) is 1.84. The van der Waals surface area contributed by atoms with Crippen LogP contribution in [0.3, 0.4) is 0 Å². The van der Waals surface area contributed by atoms with E-state index in [1.807, 2.05) is 38.2 Å². The standard InChI is InChI=1S/C13H17ClN2O/c1-13(7-8-15-13)12(17)16(2)9-10-3-5-11(14)6-4-10/h3-6,15H,7-9H2,1-2H3. The second-order valence-electron chi connectivity index (χ2n) is 4.80. The van der Waals surface area contributed by atoms with Crippen LogP contribution in [-0.4, -0.2) is 29.9 Å². The summed E-state index contributed by atoms with van der Waals surface area (Å²) in [5, 5.41) is 3.90. The van der Waals surface area contributed by atoms with Crippen LogP contribution in [0, 0.1) is 0 Å². The molecular weight excluding hydrogens is 236 g/mol. The second-order valence-corrected chi connectivity index (χ2v) is 5.23. The predicted molar refractivity (Wildman–Crippen MR) is 69.0 cm³/mol. The molecule has 1 N–H and O–H groups in total. The van der Waals surface area contributed by atoms with Gasteiger partial charge in [-0.1, -0.05) is 23.7 Å². The van der Waals surface area contributed by atoms with Crippen LogP contribution in [0.5, 0.6) is 0 Å². The van der Waals surface area contributed by atoms with Gasteiger partial charge in [0.15, 0.2) is 0 Å². The van der Waals surface area contributed by atoms with Gasteiger partial charge in [0.25, 0.3) is 0 Å². The molecule has 0 aromatic heterocycles. The van der Waals surface area contributed by atoms with Gasteiger partial charge in [-0.3, -0.25) is 4.79 Å². The van der Waals surface area contributed by atoms with Gasteiger partial charge in [-0.25, -0.2) is 0 Å². The van der Waals surface area contributed by atoms with Crippen molar-refractivity contribution in [2.75, 3.05) is 13.6 Å². The molecule has 1 aromatic rings. The average Bonchev–Trinajstić information content (AvgIpc) is 2.28. The Balaban J connectivity index is 1.99. The van der Waals surface area contributed by atoms with Crippen molar-refractivity contribution in [3.63, 3.8) is 0 Å². The van der Waals surface area contributed by atoms with Crippen LogP contribution in [-0.2, 0) is 11.3 Å². The Hall–Kier alpha value is -1.06. The third-order valence-corrected chi connectivity index (χ3v) is 3.54. The molecule has 4 heteroatoms. The van der Waals surface area contributed by atoms with Gasteiger partial charge in [-0.15, -0.1) is 0 Å². The van der Waals surface area contributed by atoms with Crippen LogP contribution in [0.2, 0.25) is 5.02 Å². The molecule has 1 atom stereocenters. The molecule has 2 rings (SSSR count). The van der Waals surface area contributed by atoms with E-state index in [-0.39, 0.29) is 11.4 Å². The lowest BCUT2D eigenvalue weighted by atomic mass is 9.88. The maximum absolute atomic E-state index is 12.2. The molecule has 1 fully saturated rings. The average molecular weight is 253 g/mol. The monoisotopic (exact) mass is 252 g/mol. The Morgan fingerprint density at radius 1 is 1.47 bits per heavy atom. The fraction of sp³-hybridized carbons (Fsp3) is 0.462. The highest BCUT2D eigenvalue weighted by Crippen LogP contribution is 2.21. The molecule has 1 saturated heterocycles. The van der Waals surface area contributed by atoms with Crippen molar-refractivity contribution in [2.24, 2.45) is 0 Å². The Kier molecular flexibility index (Phi) is 3.40. The lowest BCUT2D eigenvalue weighted by Crippen LogP contribution is -2.63. The predicted octanol–water partition coefficient (Wildman–Crippen LogP) is 2.05. The highest BCUT2D eigenvalue weighted by Gasteiger charge is 2.40. The number of nitrogens with one attached hydrogen (secondary N) is 1. The smallest absolute Gasteiger partial charge is 0.242 e. The van der Waals surface area contributed by atoms with Gasteiger partial charge in [0.1, 0.15) is 0 Å². The summed E-state index contributed by atoms with van der Waals surface area (Å²) < 4.78 is 0. The third-order valence-electron chi connectivity index (χ3n) is 3.29. The van der Waals surface area contributed by atoms with E-state index >= 15 is 0 Å². The Morgan fingerprint density at radius 3 is 2.53 bits per heavy atom. The van der Waals surface area contributed by atoms with Crippen molar-refractivity contribution in [3.8, 4) is 0 Å². The zero-order chi connectivity index (χ0) is 12.5. The summed E-state index contributed by atoms with van der Waals surface area (Å²) in [4.78, 5) is 13.9. The van der Waals surface area contributed by atoms with Crippen molar-refractivity contribution in [2.45, 2.75) is 25.4 Å². The lowest BCUT2D eigenvalue weighted by molar-refractivity contribution is -0.139. The largest absolute Gasteiger partial charge is 0.340 e. The summed E-state index contributed by atoms with van der Waals surface area (Å²) in [6.07, 6.45) is 0.913. The number of amides is 1. The van der Waals surface area contributed by atoms with Gasteiger partial charge in [-0.2, -0.15) is 0 Å². The number of nitrogens with zero attached hydrogens (tertiary/aromatic N) is 1. The topological polar surface area (TPSA) is 32.3 Å². The molecule has 92 valence electrons. The minimum Gasteiger partial charge on any atom is -0.340 e. The molecule has 0 saturated carbocycles. The van der Waals surface area contributed by atoms with Crippen molar-refractivity contribution in [1.29, 1.82) is 0 Å². The summed E-state index contributed by atoms with van der Waals surface area (Å²) in [5.74, 6) is 0.152. The number of halogens is 1. The number of hydrogen-bond acceptors (Lipinski definition) is 2. The molecule has 17 heavy (non-hydrogen) atoms. The van der Waals surface area contributed by atoms with Crippen molar-refractivity contribution in [3.05, 3.63) is 34.9 Å². The number of likely N-dealkylation sites (N-methyl/N-ethyl adjacent to an activating group) is 1. The fourth-order valence-electron chi connectivity index (χ4n) is 2.04. The minimum atomic E-state index is -0.360. The Labute approximate surface area is 107 Å². The second kappa shape index (κ2) is 4.67. The molecule has 0 spiro atoms. The van der Waals surface area contributed by atoms with E-state index in [4.69, 9.17) is 11.6 Å². The van der Waals surface area contributed by atoms with E-state index in [0.29, 0.717) is 6.54 Å². The highest BCUT2D eigenvalue weighted by molar-refractivity contribution is 6.30. The first-order chi connectivity index (χ1) is 8.01. The first-order valence-electron chi connectivity index (χ1n) is 5.76. The quantitative estimate of drug-likeness (QED) is 0.893. The van der Waals surface area contributed by atoms with E-state index in [1.54, 1.807) is 4.90 Å². The molecule has 0 radical (unpaired) electrons. The van der Waals surface area contributed by atoms with Crippen LogP contribution in [0.4, 0.5) is 0 Å². The third kappa shape index (κ3) is 2.61. The van der Waals surface area contributed by atoms with Crippen LogP contribution in [0.1, 0.15) is 18.9 Å². The molecule has 0 aliphatic carbocycles. The Bertz CT molecular complexity index is 412. The van der Waals surface area contributed by atoms with Gasteiger partial charge in [0.05, 0.1) is 5.54 Å². The van der Waals surface area contributed by atoms with E-state index in [2.05, 4.69) is 5.32 Å². The number of carbonyl (C=O) groups is 1. The van der Waals surface area contributed by atoms with Crippen molar-refractivity contribution < 1.29 is 4.79 Å². The molecule has 1 unspecified atom stereocenters. The van der Waals surface area contributed by atoms with Gasteiger partial charge >= 0.3 is 0 Å². The van der Waals surface area contributed by atoms with Crippen molar-refractivity contribution in [1.82, 2.24) is 10.2 Å². The van der Waals surface area contributed by atoms with Crippen LogP contribution < -0.4 is 5.32 Å². The van der Waals surface area contributed by atoms with Gasteiger partial charge in [-0.05, 0) is 37.6 Å².